The first kappa shape index (κ1) is 9.30. The average molecular weight is 210 g/mol. The zero-order valence-corrected chi connectivity index (χ0v) is 7.97. The number of fused-ring (bicyclic) bond motifs is 1. The zero-order chi connectivity index (χ0) is 10.1. The molecule has 0 unspecified atom stereocenters. The summed E-state index contributed by atoms with van der Waals surface area (Å²) in [7, 11) is 0. The molecule has 0 aliphatic heterocycles. The standard InChI is InChI=1S/C10H7FO2S/c11-10-8(5-13)7-3-1-2-6(4-12)9(7)14-10/h1-4,13H,5H2. The number of hydrogen-bond donors (Lipinski definition) is 1. The summed E-state index contributed by atoms with van der Waals surface area (Å²) in [6, 6.07) is 5.01. The summed E-state index contributed by atoms with van der Waals surface area (Å²) in [5.74, 6) is 0. The highest BCUT2D eigenvalue weighted by atomic mass is 32.1. The molecule has 2 aromatic rings. The first-order valence-electron chi connectivity index (χ1n) is 4.04. The van der Waals surface area contributed by atoms with Crippen molar-refractivity contribution in [3.8, 4) is 0 Å². The maximum atomic E-state index is 13.3. The van der Waals surface area contributed by atoms with Crippen molar-refractivity contribution in [1.29, 1.82) is 0 Å². The fraction of sp³-hybridized carbons (Fsp3) is 0.100. The minimum Gasteiger partial charge on any atom is -0.392 e. The van der Waals surface area contributed by atoms with Gasteiger partial charge in [0.25, 0.3) is 0 Å². The maximum absolute atomic E-state index is 13.3. The molecule has 0 radical (unpaired) electrons. The normalized spacial score (nSPS) is 10.7. The summed E-state index contributed by atoms with van der Waals surface area (Å²) < 4.78 is 13.9. The van der Waals surface area contributed by atoms with E-state index in [9.17, 15) is 9.18 Å². The van der Waals surface area contributed by atoms with Gasteiger partial charge in [-0.05, 0) is 0 Å². The molecule has 0 aliphatic rings. The highest BCUT2D eigenvalue weighted by molar-refractivity contribution is 7.18. The van der Waals surface area contributed by atoms with Gasteiger partial charge in [-0.2, -0.15) is 4.39 Å². The molecule has 0 saturated heterocycles. The van der Waals surface area contributed by atoms with Gasteiger partial charge in [0.2, 0.25) is 0 Å². The summed E-state index contributed by atoms with van der Waals surface area (Å²) in [5, 5.41) is 9.15. The number of aliphatic hydroxyl groups is 1. The predicted octanol–water partition coefficient (Wildman–Crippen LogP) is 2.35. The molecule has 72 valence electrons. The molecule has 0 bridgehead atoms. The molecule has 1 N–H and O–H groups in total. The second-order valence-electron chi connectivity index (χ2n) is 2.85. The first-order valence-corrected chi connectivity index (χ1v) is 4.85. The molecule has 0 fully saturated rings. The fourth-order valence-corrected chi connectivity index (χ4v) is 2.42. The molecular weight excluding hydrogens is 203 g/mol. The van der Waals surface area contributed by atoms with E-state index < -0.39 is 5.13 Å². The minimum atomic E-state index is -0.420. The van der Waals surface area contributed by atoms with Crippen LogP contribution in [0.25, 0.3) is 10.1 Å². The Hall–Kier alpha value is -1.26. The van der Waals surface area contributed by atoms with Gasteiger partial charge in [0.1, 0.15) is 0 Å². The predicted molar refractivity (Wildman–Crippen MR) is 53.1 cm³/mol. The Morgan fingerprint density at radius 3 is 2.93 bits per heavy atom. The van der Waals surface area contributed by atoms with Gasteiger partial charge in [-0.3, -0.25) is 4.79 Å². The van der Waals surface area contributed by atoms with E-state index in [1.165, 1.54) is 0 Å². The number of halogens is 1. The molecular formula is C10H7FO2S. The van der Waals surface area contributed by atoms with Crippen molar-refractivity contribution in [3.05, 3.63) is 34.5 Å². The van der Waals surface area contributed by atoms with Gasteiger partial charge in [-0.25, -0.2) is 0 Å². The third-order valence-electron chi connectivity index (χ3n) is 2.08. The van der Waals surface area contributed by atoms with E-state index >= 15 is 0 Å². The van der Waals surface area contributed by atoms with Crippen LogP contribution in [0.4, 0.5) is 4.39 Å². The largest absolute Gasteiger partial charge is 0.392 e. The van der Waals surface area contributed by atoms with Crippen molar-refractivity contribution in [2.75, 3.05) is 0 Å². The van der Waals surface area contributed by atoms with Crippen LogP contribution in [-0.4, -0.2) is 11.4 Å². The van der Waals surface area contributed by atoms with Gasteiger partial charge in [-0.1, -0.05) is 18.2 Å². The quantitative estimate of drug-likeness (QED) is 0.772. The highest BCUT2D eigenvalue weighted by Gasteiger charge is 2.12. The summed E-state index contributed by atoms with van der Waals surface area (Å²) in [4.78, 5) is 10.7. The number of aliphatic hydroxyl groups excluding tert-OH is 1. The van der Waals surface area contributed by atoms with Crippen LogP contribution >= 0.6 is 11.3 Å². The number of carbonyl (C=O) groups is 1. The van der Waals surface area contributed by atoms with Crippen molar-refractivity contribution in [2.45, 2.75) is 6.61 Å². The van der Waals surface area contributed by atoms with E-state index in [0.717, 1.165) is 11.3 Å². The van der Waals surface area contributed by atoms with Gasteiger partial charge in [-0.15, -0.1) is 11.3 Å². The second-order valence-corrected chi connectivity index (χ2v) is 3.83. The van der Waals surface area contributed by atoms with E-state index in [-0.39, 0.29) is 12.2 Å². The number of rotatable bonds is 2. The third-order valence-corrected chi connectivity index (χ3v) is 3.17. The van der Waals surface area contributed by atoms with Crippen LogP contribution in [0.5, 0.6) is 0 Å². The zero-order valence-electron chi connectivity index (χ0n) is 7.16. The Kier molecular flexibility index (Phi) is 2.31. The van der Waals surface area contributed by atoms with Crippen LogP contribution < -0.4 is 0 Å². The molecule has 0 amide bonds. The highest BCUT2D eigenvalue weighted by Crippen LogP contribution is 2.31. The lowest BCUT2D eigenvalue weighted by Gasteiger charge is -1.94. The molecule has 0 aliphatic carbocycles. The van der Waals surface area contributed by atoms with Crippen LogP contribution in [0.2, 0.25) is 0 Å². The SMILES string of the molecule is O=Cc1cccc2c(CO)c(F)sc12. The summed E-state index contributed by atoms with van der Waals surface area (Å²) in [6.45, 7) is -0.339. The smallest absolute Gasteiger partial charge is 0.183 e. The van der Waals surface area contributed by atoms with Gasteiger partial charge in [0.15, 0.2) is 11.4 Å². The van der Waals surface area contributed by atoms with Crippen molar-refractivity contribution < 1.29 is 14.3 Å². The van der Waals surface area contributed by atoms with E-state index in [0.29, 0.717) is 21.9 Å². The molecule has 2 nitrogen and oxygen atoms in total. The minimum absolute atomic E-state index is 0.272. The van der Waals surface area contributed by atoms with Gasteiger partial charge in [0, 0.05) is 21.2 Å². The van der Waals surface area contributed by atoms with Crippen molar-refractivity contribution >= 4 is 27.7 Å². The molecule has 1 heterocycles. The Balaban J connectivity index is 2.85. The number of hydrogen-bond acceptors (Lipinski definition) is 3. The van der Waals surface area contributed by atoms with Gasteiger partial charge >= 0.3 is 0 Å². The van der Waals surface area contributed by atoms with E-state index in [2.05, 4.69) is 0 Å². The Labute approximate surface area is 83.6 Å². The molecule has 4 heteroatoms. The lowest BCUT2D eigenvalue weighted by atomic mass is 10.1. The monoisotopic (exact) mass is 210 g/mol. The molecule has 14 heavy (non-hydrogen) atoms. The van der Waals surface area contributed by atoms with E-state index in [1.54, 1.807) is 18.2 Å². The lowest BCUT2D eigenvalue weighted by Crippen LogP contribution is -1.84. The fourth-order valence-electron chi connectivity index (χ4n) is 1.40. The van der Waals surface area contributed by atoms with Crippen LogP contribution in [0.15, 0.2) is 18.2 Å². The molecule has 1 aromatic carbocycles. The van der Waals surface area contributed by atoms with Crippen LogP contribution in [0.1, 0.15) is 15.9 Å². The van der Waals surface area contributed by atoms with E-state index in [1.807, 2.05) is 0 Å². The summed E-state index contributed by atoms with van der Waals surface area (Å²) in [6.07, 6.45) is 0.694. The van der Waals surface area contributed by atoms with Gasteiger partial charge in [0.05, 0.1) is 6.61 Å². The van der Waals surface area contributed by atoms with Crippen LogP contribution in [-0.2, 0) is 6.61 Å². The van der Waals surface area contributed by atoms with Crippen molar-refractivity contribution in [3.63, 3.8) is 0 Å². The maximum Gasteiger partial charge on any atom is 0.183 e. The number of aldehydes is 1. The Bertz CT molecular complexity index is 490. The molecule has 2 rings (SSSR count). The van der Waals surface area contributed by atoms with Crippen molar-refractivity contribution in [2.24, 2.45) is 0 Å². The Morgan fingerprint density at radius 1 is 1.50 bits per heavy atom. The molecule has 0 saturated carbocycles. The van der Waals surface area contributed by atoms with Crippen LogP contribution in [0, 0.1) is 5.13 Å². The first-order chi connectivity index (χ1) is 6.77. The summed E-state index contributed by atoms with van der Waals surface area (Å²) in [5.41, 5.74) is 0.736. The number of benzene rings is 1. The third kappa shape index (κ3) is 1.23. The molecule has 0 spiro atoms. The number of carbonyl (C=O) groups excluding carboxylic acids is 1. The van der Waals surface area contributed by atoms with Crippen molar-refractivity contribution in [1.82, 2.24) is 0 Å². The lowest BCUT2D eigenvalue weighted by molar-refractivity contribution is 0.112. The summed E-state index contributed by atoms with van der Waals surface area (Å²) >= 11 is 0.897. The second kappa shape index (κ2) is 3.48. The molecule has 1 aromatic heterocycles. The van der Waals surface area contributed by atoms with Crippen LogP contribution in [0.3, 0.4) is 0 Å². The topological polar surface area (TPSA) is 37.3 Å². The van der Waals surface area contributed by atoms with E-state index in [4.69, 9.17) is 5.11 Å². The molecule has 0 atom stereocenters. The van der Waals surface area contributed by atoms with Gasteiger partial charge < -0.3 is 5.11 Å². The Morgan fingerprint density at radius 2 is 2.29 bits per heavy atom. The average Bonchev–Trinajstić information content (AvgIpc) is 2.52. The number of thiophene rings is 1.